The van der Waals surface area contributed by atoms with Crippen LogP contribution in [-0.4, -0.2) is 20.2 Å². The van der Waals surface area contributed by atoms with Gasteiger partial charge in [-0.05, 0) is 49.8 Å². The SMILES string of the molecule is CCN(CC)c1ccc(C2(C)CCC(C)c3ccccc32)c(OC)c1. The average molecular weight is 338 g/mol. The molecule has 3 rings (SSSR count). The van der Waals surface area contributed by atoms with Crippen LogP contribution >= 0.6 is 0 Å². The quantitative estimate of drug-likeness (QED) is 0.689. The number of ether oxygens (including phenoxy) is 1. The lowest BCUT2D eigenvalue weighted by atomic mass is 9.64. The van der Waals surface area contributed by atoms with Gasteiger partial charge in [-0.15, -0.1) is 0 Å². The smallest absolute Gasteiger partial charge is 0.125 e. The Morgan fingerprint density at radius 2 is 1.80 bits per heavy atom. The van der Waals surface area contributed by atoms with Gasteiger partial charge < -0.3 is 9.64 Å². The zero-order chi connectivity index (χ0) is 18.0. The molecule has 1 aliphatic rings. The van der Waals surface area contributed by atoms with Crippen molar-refractivity contribution in [2.24, 2.45) is 0 Å². The van der Waals surface area contributed by atoms with Crippen molar-refractivity contribution in [2.45, 2.75) is 51.9 Å². The fourth-order valence-electron chi connectivity index (χ4n) is 4.43. The van der Waals surface area contributed by atoms with E-state index in [2.05, 4.69) is 75.1 Å². The summed E-state index contributed by atoms with van der Waals surface area (Å²) in [4.78, 5) is 2.37. The summed E-state index contributed by atoms with van der Waals surface area (Å²) in [5.74, 6) is 1.64. The van der Waals surface area contributed by atoms with Gasteiger partial charge in [-0.2, -0.15) is 0 Å². The molecule has 134 valence electrons. The number of hydrogen-bond donors (Lipinski definition) is 0. The average Bonchev–Trinajstić information content (AvgIpc) is 2.66. The maximum Gasteiger partial charge on any atom is 0.125 e. The number of nitrogens with zero attached hydrogens (tertiary/aromatic N) is 1. The molecule has 0 heterocycles. The lowest BCUT2D eigenvalue weighted by Gasteiger charge is -2.40. The van der Waals surface area contributed by atoms with E-state index in [0.29, 0.717) is 5.92 Å². The van der Waals surface area contributed by atoms with Crippen LogP contribution in [0.4, 0.5) is 5.69 Å². The van der Waals surface area contributed by atoms with Gasteiger partial charge in [-0.1, -0.05) is 44.2 Å². The Balaban J connectivity index is 2.11. The molecule has 2 aromatic carbocycles. The van der Waals surface area contributed by atoms with E-state index >= 15 is 0 Å². The molecule has 0 aliphatic heterocycles. The monoisotopic (exact) mass is 337 g/mol. The third-order valence-electron chi connectivity index (χ3n) is 6.07. The van der Waals surface area contributed by atoms with Gasteiger partial charge >= 0.3 is 0 Å². The van der Waals surface area contributed by atoms with Crippen molar-refractivity contribution < 1.29 is 4.74 Å². The third kappa shape index (κ3) is 3.03. The molecule has 2 aromatic rings. The minimum atomic E-state index is 0.0102. The van der Waals surface area contributed by atoms with Crippen LogP contribution in [0.5, 0.6) is 5.75 Å². The Kier molecular flexibility index (Phi) is 5.08. The maximum atomic E-state index is 5.86. The van der Waals surface area contributed by atoms with Gasteiger partial charge in [0.1, 0.15) is 5.75 Å². The second kappa shape index (κ2) is 7.11. The van der Waals surface area contributed by atoms with Crippen LogP contribution in [0.3, 0.4) is 0 Å². The summed E-state index contributed by atoms with van der Waals surface area (Å²) in [7, 11) is 1.80. The second-order valence-electron chi connectivity index (χ2n) is 7.42. The van der Waals surface area contributed by atoms with Gasteiger partial charge in [-0.25, -0.2) is 0 Å². The number of hydrogen-bond acceptors (Lipinski definition) is 2. The van der Waals surface area contributed by atoms with Crippen molar-refractivity contribution in [3.8, 4) is 5.75 Å². The number of rotatable bonds is 5. The van der Waals surface area contributed by atoms with Crippen molar-refractivity contribution in [3.63, 3.8) is 0 Å². The Morgan fingerprint density at radius 1 is 1.08 bits per heavy atom. The highest BCUT2D eigenvalue weighted by Gasteiger charge is 2.38. The Hall–Kier alpha value is -1.96. The first-order valence-electron chi connectivity index (χ1n) is 9.58. The van der Waals surface area contributed by atoms with Gasteiger partial charge in [0.05, 0.1) is 7.11 Å². The highest BCUT2D eigenvalue weighted by atomic mass is 16.5. The van der Waals surface area contributed by atoms with Crippen molar-refractivity contribution >= 4 is 5.69 Å². The van der Waals surface area contributed by atoms with E-state index in [1.165, 1.54) is 28.8 Å². The predicted octanol–water partition coefficient (Wildman–Crippen LogP) is 5.74. The van der Waals surface area contributed by atoms with Crippen LogP contribution in [0.2, 0.25) is 0 Å². The summed E-state index contributed by atoms with van der Waals surface area (Å²) < 4.78 is 5.86. The standard InChI is InChI=1S/C23H31NO/c1-6-24(7-2)18-12-13-21(22(16-18)25-5)23(4)15-14-17(3)19-10-8-9-11-20(19)23/h8-13,16-17H,6-7,14-15H2,1-5H3. The number of anilines is 1. The first kappa shape index (κ1) is 17.8. The molecule has 0 bridgehead atoms. The Bertz CT molecular complexity index is 735. The van der Waals surface area contributed by atoms with E-state index in [-0.39, 0.29) is 5.41 Å². The fraction of sp³-hybridized carbons (Fsp3) is 0.478. The lowest BCUT2D eigenvalue weighted by molar-refractivity contribution is 0.377. The molecule has 0 amide bonds. The maximum absolute atomic E-state index is 5.86. The van der Waals surface area contributed by atoms with Crippen LogP contribution in [0.25, 0.3) is 0 Å². The first-order valence-corrected chi connectivity index (χ1v) is 9.58. The first-order chi connectivity index (χ1) is 12.0. The molecule has 0 spiro atoms. The van der Waals surface area contributed by atoms with Crippen LogP contribution in [0, 0.1) is 0 Å². The predicted molar refractivity (Wildman–Crippen MR) is 107 cm³/mol. The van der Waals surface area contributed by atoms with Gasteiger partial charge in [-0.3, -0.25) is 0 Å². The molecule has 0 N–H and O–H groups in total. The van der Waals surface area contributed by atoms with Crippen molar-refractivity contribution in [1.82, 2.24) is 0 Å². The van der Waals surface area contributed by atoms with Gasteiger partial charge in [0, 0.05) is 35.8 Å². The molecule has 0 saturated heterocycles. The van der Waals surface area contributed by atoms with Crippen LogP contribution in [0.15, 0.2) is 42.5 Å². The summed E-state index contributed by atoms with van der Waals surface area (Å²) >= 11 is 0. The molecule has 25 heavy (non-hydrogen) atoms. The number of methoxy groups -OCH3 is 1. The minimum Gasteiger partial charge on any atom is -0.496 e. The molecular weight excluding hydrogens is 306 g/mol. The molecule has 2 unspecified atom stereocenters. The van der Waals surface area contributed by atoms with E-state index in [1.807, 2.05) is 0 Å². The molecule has 0 fully saturated rings. The molecule has 0 radical (unpaired) electrons. The third-order valence-corrected chi connectivity index (χ3v) is 6.07. The Labute approximate surface area is 152 Å². The molecule has 0 aromatic heterocycles. The molecule has 2 atom stereocenters. The summed E-state index contributed by atoms with van der Waals surface area (Å²) in [5, 5.41) is 0. The van der Waals surface area contributed by atoms with Crippen molar-refractivity contribution in [3.05, 3.63) is 59.2 Å². The zero-order valence-corrected chi connectivity index (χ0v) is 16.3. The van der Waals surface area contributed by atoms with Gasteiger partial charge in [0.25, 0.3) is 0 Å². The summed E-state index contributed by atoms with van der Waals surface area (Å²) in [6.45, 7) is 11.1. The number of fused-ring (bicyclic) bond motifs is 1. The minimum absolute atomic E-state index is 0.0102. The summed E-state index contributed by atoms with van der Waals surface area (Å²) in [6, 6.07) is 15.7. The molecule has 0 saturated carbocycles. The topological polar surface area (TPSA) is 12.5 Å². The lowest BCUT2D eigenvalue weighted by Crippen LogP contribution is -2.31. The van der Waals surface area contributed by atoms with E-state index in [0.717, 1.165) is 25.3 Å². The molecule has 2 nitrogen and oxygen atoms in total. The second-order valence-corrected chi connectivity index (χ2v) is 7.42. The van der Waals surface area contributed by atoms with E-state index < -0.39 is 0 Å². The largest absolute Gasteiger partial charge is 0.496 e. The molecular formula is C23H31NO. The van der Waals surface area contributed by atoms with Crippen molar-refractivity contribution in [1.29, 1.82) is 0 Å². The van der Waals surface area contributed by atoms with E-state index in [4.69, 9.17) is 4.74 Å². The molecule has 2 heteroatoms. The normalized spacial score (nSPS) is 22.4. The van der Waals surface area contributed by atoms with Gasteiger partial charge in [0.2, 0.25) is 0 Å². The van der Waals surface area contributed by atoms with Crippen LogP contribution < -0.4 is 9.64 Å². The highest BCUT2D eigenvalue weighted by molar-refractivity contribution is 5.59. The van der Waals surface area contributed by atoms with Crippen molar-refractivity contribution in [2.75, 3.05) is 25.1 Å². The highest BCUT2D eigenvalue weighted by Crippen LogP contribution is 2.49. The van der Waals surface area contributed by atoms with Crippen LogP contribution in [-0.2, 0) is 5.41 Å². The number of benzene rings is 2. The zero-order valence-electron chi connectivity index (χ0n) is 16.3. The fourth-order valence-corrected chi connectivity index (χ4v) is 4.43. The van der Waals surface area contributed by atoms with E-state index in [1.54, 1.807) is 7.11 Å². The summed E-state index contributed by atoms with van der Waals surface area (Å²) in [5.41, 5.74) is 5.52. The Morgan fingerprint density at radius 3 is 2.48 bits per heavy atom. The van der Waals surface area contributed by atoms with E-state index in [9.17, 15) is 0 Å². The summed E-state index contributed by atoms with van der Waals surface area (Å²) in [6.07, 6.45) is 2.38. The molecule has 1 aliphatic carbocycles. The van der Waals surface area contributed by atoms with Gasteiger partial charge in [0.15, 0.2) is 0 Å². The van der Waals surface area contributed by atoms with Crippen LogP contribution in [0.1, 0.15) is 63.1 Å².